The van der Waals surface area contributed by atoms with Crippen LogP contribution in [0.1, 0.15) is 66.3 Å². The summed E-state index contributed by atoms with van der Waals surface area (Å²) in [6.45, 7) is 5.59. The molecule has 1 fully saturated rings. The third-order valence-corrected chi connectivity index (χ3v) is 6.71. The van der Waals surface area contributed by atoms with Gasteiger partial charge in [0.05, 0.1) is 0 Å². The van der Waals surface area contributed by atoms with Crippen molar-refractivity contribution >= 4 is 17.5 Å². The zero-order valence-corrected chi connectivity index (χ0v) is 18.8. The summed E-state index contributed by atoms with van der Waals surface area (Å²) >= 11 is 6.10. The maximum atomic E-state index is 13.3. The van der Waals surface area contributed by atoms with Crippen molar-refractivity contribution in [3.05, 3.63) is 51.8 Å². The topological polar surface area (TPSA) is 50.2 Å². The number of rotatable bonds is 6. The highest BCUT2D eigenvalue weighted by atomic mass is 35.5. The van der Waals surface area contributed by atoms with Crippen molar-refractivity contribution in [2.24, 2.45) is 0 Å². The molecule has 5 nitrogen and oxygen atoms in total. The van der Waals surface area contributed by atoms with Crippen molar-refractivity contribution in [3.63, 3.8) is 0 Å². The summed E-state index contributed by atoms with van der Waals surface area (Å²) in [5, 5.41) is 9.27. The molecular weight excluding hydrogens is 396 g/mol. The number of hydrogen-bond acceptors (Lipinski definition) is 3. The molecule has 2 aromatic rings. The molecule has 0 spiro atoms. The number of aryl methyl sites for hydroxylation is 1. The second-order valence-corrected chi connectivity index (χ2v) is 9.01. The van der Waals surface area contributed by atoms with E-state index in [0.29, 0.717) is 11.7 Å². The van der Waals surface area contributed by atoms with Gasteiger partial charge in [-0.3, -0.25) is 9.48 Å². The lowest BCUT2D eigenvalue weighted by molar-refractivity contribution is 0.0753. The maximum absolute atomic E-state index is 13.3. The van der Waals surface area contributed by atoms with Crippen molar-refractivity contribution in [3.8, 4) is 0 Å². The fourth-order valence-corrected chi connectivity index (χ4v) is 5.04. The molecule has 1 aliphatic heterocycles. The Labute approximate surface area is 184 Å². The predicted octanol–water partition coefficient (Wildman–Crippen LogP) is 4.26. The molecule has 30 heavy (non-hydrogen) atoms. The smallest absolute Gasteiger partial charge is 0.274 e. The van der Waals surface area contributed by atoms with Crippen molar-refractivity contribution in [2.75, 3.05) is 19.6 Å². The summed E-state index contributed by atoms with van der Waals surface area (Å²) in [5.74, 6) is 0.139. The van der Waals surface area contributed by atoms with Gasteiger partial charge in [0, 0.05) is 42.0 Å². The summed E-state index contributed by atoms with van der Waals surface area (Å²) in [7, 11) is 0. The lowest BCUT2D eigenvalue weighted by Crippen LogP contribution is -2.37. The lowest BCUT2D eigenvalue weighted by Gasteiger charge is -2.25. The molecular formula is C24H33ClN4O. The Hall–Kier alpha value is -1.85. The SMILES string of the molecule is CCn1nc(C(=O)N2CCCCCC2)c2c1CC[C@H](NCCc1cccc(Cl)c1)C2. The molecule has 1 aromatic carbocycles. The van der Waals surface area contributed by atoms with Crippen molar-refractivity contribution < 1.29 is 4.79 Å². The number of amides is 1. The van der Waals surface area contributed by atoms with Gasteiger partial charge in [-0.2, -0.15) is 5.10 Å². The van der Waals surface area contributed by atoms with E-state index in [4.69, 9.17) is 16.7 Å². The Balaban J connectivity index is 1.43. The minimum atomic E-state index is 0.139. The number of fused-ring (bicyclic) bond motifs is 1. The molecule has 4 rings (SSSR count). The minimum absolute atomic E-state index is 0.139. The number of nitrogens with one attached hydrogen (secondary N) is 1. The van der Waals surface area contributed by atoms with Gasteiger partial charge in [-0.05, 0) is 69.7 Å². The first-order valence-electron chi connectivity index (χ1n) is 11.5. The van der Waals surface area contributed by atoms with Gasteiger partial charge >= 0.3 is 0 Å². The van der Waals surface area contributed by atoms with Crippen LogP contribution in [0.5, 0.6) is 0 Å². The van der Waals surface area contributed by atoms with E-state index in [1.807, 2.05) is 23.1 Å². The normalized spacial score (nSPS) is 19.4. The van der Waals surface area contributed by atoms with Crippen LogP contribution in [-0.2, 0) is 25.8 Å². The molecule has 2 aliphatic rings. The number of aromatic nitrogens is 2. The molecule has 1 N–H and O–H groups in total. The third kappa shape index (κ3) is 4.89. The fraction of sp³-hybridized carbons (Fsp3) is 0.583. The van der Waals surface area contributed by atoms with E-state index in [1.165, 1.54) is 29.7 Å². The van der Waals surface area contributed by atoms with Gasteiger partial charge in [0.2, 0.25) is 0 Å². The van der Waals surface area contributed by atoms with Crippen LogP contribution in [0.3, 0.4) is 0 Å². The molecule has 1 aliphatic carbocycles. The summed E-state index contributed by atoms with van der Waals surface area (Å²) in [6, 6.07) is 8.46. The molecule has 0 bridgehead atoms. The van der Waals surface area contributed by atoms with Crippen LogP contribution in [0.15, 0.2) is 24.3 Å². The minimum Gasteiger partial charge on any atom is -0.337 e. The van der Waals surface area contributed by atoms with Crippen molar-refractivity contribution in [2.45, 2.75) is 70.9 Å². The van der Waals surface area contributed by atoms with Gasteiger partial charge in [0.15, 0.2) is 5.69 Å². The molecule has 1 aromatic heterocycles. The van der Waals surface area contributed by atoms with E-state index in [1.54, 1.807) is 0 Å². The van der Waals surface area contributed by atoms with Crippen LogP contribution in [0.4, 0.5) is 0 Å². The molecule has 1 atom stereocenters. The van der Waals surface area contributed by atoms with Gasteiger partial charge in [-0.15, -0.1) is 0 Å². The third-order valence-electron chi connectivity index (χ3n) is 6.48. The first-order chi connectivity index (χ1) is 14.7. The average Bonchev–Trinajstić information content (AvgIpc) is 2.91. The van der Waals surface area contributed by atoms with Gasteiger partial charge in [0.25, 0.3) is 5.91 Å². The van der Waals surface area contributed by atoms with Crippen LogP contribution in [0, 0.1) is 0 Å². The molecule has 1 saturated heterocycles. The molecule has 0 saturated carbocycles. The number of carbonyl (C=O) groups is 1. The van der Waals surface area contributed by atoms with E-state index in [0.717, 1.165) is 69.7 Å². The molecule has 6 heteroatoms. The maximum Gasteiger partial charge on any atom is 0.274 e. The van der Waals surface area contributed by atoms with Crippen LogP contribution in [0.2, 0.25) is 5.02 Å². The molecule has 0 unspecified atom stereocenters. The number of carbonyl (C=O) groups excluding carboxylic acids is 1. The highest BCUT2D eigenvalue weighted by Gasteiger charge is 2.30. The largest absolute Gasteiger partial charge is 0.337 e. The van der Waals surface area contributed by atoms with Crippen LogP contribution < -0.4 is 5.32 Å². The van der Waals surface area contributed by atoms with Gasteiger partial charge in [-0.25, -0.2) is 0 Å². The lowest BCUT2D eigenvalue weighted by atomic mass is 9.91. The number of nitrogens with zero attached hydrogens (tertiary/aromatic N) is 3. The molecule has 1 amide bonds. The highest BCUT2D eigenvalue weighted by Crippen LogP contribution is 2.27. The highest BCUT2D eigenvalue weighted by molar-refractivity contribution is 6.30. The fourth-order valence-electron chi connectivity index (χ4n) is 4.83. The number of halogens is 1. The molecule has 0 radical (unpaired) electrons. The Morgan fingerprint density at radius 1 is 1.23 bits per heavy atom. The summed E-state index contributed by atoms with van der Waals surface area (Å²) < 4.78 is 2.06. The number of hydrogen-bond donors (Lipinski definition) is 1. The van der Waals surface area contributed by atoms with Crippen molar-refractivity contribution in [1.82, 2.24) is 20.0 Å². The van der Waals surface area contributed by atoms with Gasteiger partial charge < -0.3 is 10.2 Å². The van der Waals surface area contributed by atoms with E-state index >= 15 is 0 Å². The van der Waals surface area contributed by atoms with Crippen LogP contribution >= 0.6 is 11.6 Å². The molecule has 162 valence electrons. The quantitative estimate of drug-likeness (QED) is 0.747. The van der Waals surface area contributed by atoms with E-state index in [2.05, 4.69) is 23.0 Å². The Morgan fingerprint density at radius 3 is 2.77 bits per heavy atom. The number of likely N-dealkylation sites (tertiary alicyclic amines) is 1. The van der Waals surface area contributed by atoms with Crippen LogP contribution in [0.25, 0.3) is 0 Å². The molecule has 2 heterocycles. The van der Waals surface area contributed by atoms with Crippen molar-refractivity contribution in [1.29, 1.82) is 0 Å². The summed E-state index contributed by atoms with van der Waals surface area (Å²) in [6.07, 6.45) is 8.58. The zero-order valence-electron chi connectivity index (χ0n) is 18.0. The Bertz CT molecular complexity index is 870. The second-order valence-electron chi connectivity index (χ2n) is 8.57. The monoisotopic (exact) mass is 428 g/mol. The Morgan fingerprint density at radius 2 is 2.03 bits per heavy atom. The first kappa shape index (κ1) is 21.4. The van der Waals surface area contributed by atoms with Gasteiger partial charge in [0.1, 0.15) is 0 Å². The van der Waals surface area contributed by atoms with Crippen LogP contribution in [-0.4, -0.2) is 46.3 Å². The average molecular weight is 429 g/mol. The standard InChI is InChI=1S/C24H33ClN4O/c1-2-29-22-11-10-20(26-13-12-18-8-7-9-19(25)16-18)17-21(22)23(27-29)24(30)28-14-5-3-4-6-15-28/h7-9,16,20,26H,2-6,10-15,17H2,1H3/t20-/m0/s1. The predicted molar refractivity (Wildman–Crippen MR) is 121 cm³/mol. The zero-order chi connectivity index (χ0) is 20.9. The summed E-state index contributed by atoms with van der Waals surface area (Å²) in [5.41, 5.74) is 4.40. The Kier molecular flexibility index (Phi) is 7.11. The van der Waals surface area contributed by atoms with E-state index in [-0.39, 0.29) is 5.91 Å². The number of benzene rings is 1. The van der Waals surface area contributed by atoms with E-state index in [9.17, 15) is 4.79 Å². The van der Waals surface area contributed by atoms with Gasteiger partial charge in [-0.1, -0.05) is 36.6 Å². The van der Waals surface area contributed by atoms with E-state index < -0.39 is 0 Å². The summed E-state index contributed by atoms with van der Waals surface area (Å²) in [4.78, 5) is 15.3. The first-order valence-corrected chi connectivity index (χ1v) is 11.9. The second kappa shape index (κ2) is 9.97.